The molecule has 2 aromatic heterocycles. The molecule has 0 aliphatic carbocycles. The predicted octanol–water partition coefficient (Wildman–Crippen LogP) is 3.85. The Morgan fingerprint density at radius 2 is 1.76 bits per heavy atom. The Morgan fingerprint density at radius 3 is 2.59 bits per heavy atom. The first kappa shape index (κ1) is 18.8. The zero-order valence-corrected chi connectivity index (χ0v) is 16.0. The van der Waals surface area contributed by atoms with Crippen molar-refractivity contribution in [2.75, 3.05) is 0 Å². The van der Waals surface area contributed by atoms with Crippen molar-refractivity contribution in [1.29, 1.82) is 0 Å². The van der Waals surface area contributed by atoms with Gasteiger partial charge in [0.1, 0.15) is 11.8 Å². The van der Waals surface area contributed by atoms with Crippen molar-refractivity contribution in [2.24, 2.45) is 0 Å². The van der Waals surface area contributed by atoms with Gasteiger partial charge in [-0.15, -0.1) is 0 Å². The molecular formula is C22H16ClN3O3. The lowest BCUT2D eigenvalue weighted by atomic mass is 10.2. The number of aromatic nitrogens is 3. The number of carbonyl (C=O) groups excluding carboxylic acids is 1. The van der Waals surface area contributed by atoms with Crippen molar-refractivity contribution >= 4 is 28.5 Å². The van der Waals surface area contributed by atoms with Gasteiger partial charge < -0.3 is 4.74 Å². The number of hydrogen-bond donors (Lipinski definition) is 0. The molecule has 0 unspecified atom stereocenters. The first-order valence-corrected chi connectivity index (χ1v) is 9.31. The summed E-state index contributed by atoms with van der Waals surface area (Å²) in [6.07, 6.45) is 0. The third-order valence-corrected chi connectivity index (χ3v) is 4.69. The molecule has 4 rings (SSSR count). The summed E-state index contributed by atoms with van der Waals surface area (Å²) in [6.45, 7) is 0.218. The van der Waals surface area contributed by atoms with Gasteiger partial charge in [0.05, 0.1) is 12.1 Å². The maximum atomic E-state index is 12.4. The molecule has 0 spiro atoms. The smallest absolute Gasteiger partial charge is 0.359 e. The number of fused-ring (bicyclic) bond motifs is 1. The minimum absolute atomic E-state index is 0.0466. The summed E-state index contributed by atoms with van der Waals surface area (Å²) in [5, 5.41) is 5.31. The van der Waals surface area contributed by atoms with Crippen LogP contribution in [-0.4, -0.2) is 20.7 Å². The third kappa shape index (κ3) is 4.33. The molecule has 2 aromatic carbocycles. The number of rotatable bonds is 5. The van der Waals surface area contributed by atoms with Crippen molar-refractivity contribution < 1.29 is 9.53 Å². The summed E-state index contributed by atoms with van der Waals surface area (Å²) in [7, 11) is 0. The van der Waals surface area contributed by atoms with E-state index in [1.54, 1.807) is 0 Å². The second-order valence-corrected chi connectivity index (χ2v) is 6.77. The Bertz CT molecular complexity index is 1240. The van der Waals surface area contributed by atoms with Crippen molar-refractivity contribution in [1.82, 2.24) is 14.8 Å². The lowest BCUT2D eigenvalue weighted by Crippen LogP contribution is -2.25. The van der Waals surface area contributed by atoms with Crippen molar-refractivity contribution in [2.45, 2.75) is 13.2 Å². The molecule has 6 nitrogen and oxygen atoms in total. The van der Waals surface area contributed by atoms with Crippen LogP contribution in [-0.2, 0) is 17.9 Å². The van der Waals surface area contributed by atoms with E-state index in [-0.39, 0.29) is 29.6 Å². The molecule has 0 bridgehead atoms. The number of nitrogens with zero attached hydrogens (tertiary/aromatic N) is 3. The monoisotopic (exact) mass is 405 g/mol. The number of hydrogen-bond acceptors (Lipinski definition) is 5. The van der Waals surface area contributed by atoms with Crippen LogP contribution in [0, 0.1) is 0 Å². The topological polar surface area (TPSA) is 74.1 Å². The summed E-state index contributed by atoms with van der Waals surface area (Å²) in [4.78, 5) is 28.8. The standard InChI is InChI=1S/C22H16ClN3O3/c23-21-17(12-16-8-4-5-9-18(16)24-21)14-29-22(28)19-10-11-20(27)26(25-19)13-15-6-2-1-3-7-15/h1-12H,13-14H2. The molecule has 0 N–H and O–H groups in total. The van der Waals surface area contributed by atoms with Crippen LogP contribution in [0.3, 0.4) is 0 Å². The quantitative estimate of drug-likeness (QED) is 0.372. The maximum Gasteiger partial charge on any atom is 0.359 e. The van der Waals surface area contributed by atoms with Crippen LogP contribution in [0.4, 0.5) is 0 Å². The van der Waals surface area contributed by atoms with Crippen molar-refractivity contribution in [3.63, 3.8) is 0 Å². The first-order valence-electron chi connectivity index (χ1n) is 8.93. The van der Waals surface area contributed by atoms with Crippen molar-refractivity contribution in [3.8, 4) is 0 Å². The molecule has 0 radical (unpaired) electrons. The average molecular weight is 406 g/mol. The van der Waals surface area contributed by atoms with Crippen LogP contribution in [0.25, 0.3) is 10.9 Å². The summed E-state index contributed by atoms with van der Waals surface area (Å²) in [5.74, 6) is -0.643. The van der Waals surface area contributed by atoms with Gasteiger partial charge in [-0.3, -0.25) is 4.79 Å². The summed E-state index contributed by atoms with van der Waals surface area (Å²) >= 11 is 6.21. The SMILES string of the molecule is O=C(OCc1cc2ccccc2nc1Cl)c1ccc(=O)n(Cc2ccccc2)n1. The van der Waals surface area contributed by atoms with Crippen LogP contribution >= 0.6 is 11.6 Å². The molecule has 0 saturated heterocycles. The van der Waals surface area contributed by atoms with E-state index in [9.17, 15) is 9.59 Å². The fourth-order valence-electron chi connectivity index (χ4n) is 2.88. The highest BCUT2D eigenvalue weighted by molar-refractivity contribution is 6.30. The predicted molar refractivity (Wildman–Crippen MR) is 110 cm³/mol. The number of esters is 1. The van der Waals surface area contributed by atoms with Gasteiger partial charge in [-0.05, 0) is 23.8 Å². The zero-order chi connectivity index (χ0) is 20.2. The minimum atomic E-state index is -0.643. The molecule has 0 aliphatic rings. The molecule has 0 atom stereocenters. The fourth-order valence-corrected chi connectivity index (χ4v) is 3.08. The number of ether oxygens (including phenoxy) is 1. The van der Waals surface area contributed by atoms with Crippen LogP contribution < -0.4 is 5.56 Å². The Hall–Kier alpha value is -3.51. The number of benzene rings is 2. The Morgan fingerprint density at radius 1 is 1.00 bits per heavy atom. The van der Waals surface area contributed by atoms with Gasteiger partial charge in [-0.1, -0.05) is 60.1 Å². The van der Waals surface area contributed by atoms with E-state index in [1.807, 2.05) is 60.7 Å². The van der Waals surface area contributed by atoms with Crippen molar-refractivity contribution in [3.05, 3.63) is 105 Å². The Balaban J connectivity index is 1.51. The van der Waals surface area contributed by atoms with E-state index < -0.39 is 5.97 Å². The van der Waals surface area contributed by atoms with E-state index in [4.69, 9.17) is 16.3 Å². The van der Waals surface area contributed by atoms with Crippen LogP contribution in [0.5, 0.6) is 0 Å². The first-order chi connectivity index (χ1) is 14.1. The fraction of sp³-hybridized carbons (Fsp3) is 0.0909. The number of carbonyl (C=O) groups is 1. The third-order valence-electron chi connectivity index (χ3n) is 4.36. The second kappa shape index (κ2) is 8.24. The molecule has 29 heavy (non-hydrogen) atoms. The Labute approximate surface area is 171 Å². The van der Waals surface area contributed by atoms with Gasteiger partial charge >= 0.3 is 5.97 Å². The molecule has 0 amide bonds. The number of pyridine rings is 1. The van der Waals surface area contributed by atoms with Crippen LogP contribution in [0.1, 0.15) is 21.6 Å². The second-order valence-electron chi connectivity index (χ2n) is 6.41. The zero-order valence-electron chi connectivity index (χ0n) is 15.3. The number of halogens is 1. The van der Waals surface area contributed by atoms with E-state index in [0.717, 1.165) is 16.5 Å². The van der Waals surface area contributed by atoms with Gasteiger partial charge in [0.25, 0.3) is 5.56 Å². The highest BCUT2D eigenvalue weighted by Gasteiger charge is 2.13. The normalized spacial score (nSPS) is 10.8. The van der Waals surface area contributed by atoms with Gasteiger partial charge in [0, 0.05) is 17.0 Å². The maximum absolute atomic E-state index is 12.4. The molecule has 0 fully saturated rings. The summed E-state index contributed by atoms with van der Waals surface area (Å²) in [6, 6.07) is 21.4. The average Bonchev–Trinajstić information content (AvgIpc) is 2.74. The molecule has 4 aromatic rings. The molecule has 0 aliphatic heterocycles. The molecular weight excluding hydrogens is 390 g/mol. The molecule has 144 valence electrons. The Kier molecular flexibility index (Phi) is 5.35. The van der Waals surface area contributed by atoms with Gasteiger partial charge in [-0.2, -0.15) is 5.10 Å². The lowest BCUT2D eigenvalue weighted by Gasteiger charge is -2.09. The van der Waals surface area contributed by atoms with Crippen LogP contribution in [0.15, 0.2) is 77.6 Å². The van der Waals surface area contributed by atoms with Gasteiger partial charge in [0.15, 0.2) is 5.69 Å². The minimum Gasteiger partial charge on any atom is -0.456 e. The summed E-state index contributed by atoms with van der Waals surface area (Å²) in [5.41, 5.74) is 2.01. The molecule has 0 saturated carbocycles. The van der Waals surface area contributed by atoms with Crippen LogP contribution in [0.2, 0.25) is 5.15 Å². The van der Waals surface area contributed by atoms with Gasteiger partial charge in [-0.25, -0.2) is 14.5 Å². The molecule has 7 heteroatoms. The lowest BCUT2D eigenvalue weighted by molar-refractivity contribution is 0.0462. The van der Waals surface area contributed by atoms with E-state index in [2.05, 4.69) is 10.1 Å². The largest absolute Gasteiger partial charge is 0.456 e. The van der Waals surface area contributed by atoms with Gasteiger partial charge in [0.2, 0.25) is 0 Å². The number of para-hydroxylation sites is 1. The van der Waals surface area contributed by atoms with E-state index in [1.165, 1.54) is 16.8 Å². The molecule has 2 heterocycles. The van der Waals surface area contributed by atoms with E-state index in [0.29, 0.717) is 5.56 Å². The van der Waals surface area contributed by atoms with E-state index >= 15 is 0 Å². The highest BCUT2D eigenvalue weighted by Crippen LogP contribution is 2.21. The highest BCUT2D eigenvalue weighted by atomic mass is 35.5. The summed E-state index contributed by atoms with van der Waals surface area (Å²) < 4.78 is 6.58.